The molecule has 0 saturated heterocycles. The summed E-state index contributed by atoms with van der Waals surface area (Å²) in [5.74, 6) is -0.215. The van der Waals surface area contributed by atoms with Crippen LogP contribution < -0.4 is 0 Å². The summed E-state index contributed by atoms with van der Waals surface area (Å²) in [5.41, 5.74) is 0. The van der Waals surface area contributed by atoms with Crippen molar-refractivity contribution in [1.29, 1.82) is 0 Å². The lowest BCUT2D eigenvalue weighted by molar-refractivity contribution is -0.883. The first kappa shape index (κ1) is 23.4. The quantitative estimate of drug-likeness (QED) is 0.243. The van der Waals surface area contributed by atoms with Gasteiger partial charge in [-0.1, -0.05) is 71.1 Å². The highest BCUT2D eigenvalue weighted by atomic mass is 16.5. The molecule has 4 nitrogen and oxygen atoms in total. The summed E-state index contributed by atoms with van der Waals surface area (Å²) in [5, 5.41) is 8.66. The van der Waals surface area contributed by atoms with Crippen LogP contribution in [0.15, 0.2) is 0 Å². The monoisotopic (exact) mass is 344 g/mol. The van der Waals surface area contributed by atoms with Gasteiger partial charge in [0.25, 0.3) is 0 Å². The largest absolute Gasteiger partial charge is 0.459 e. The standard InChI is InChI=1S/C20H42NO3/c1-4-5-6-7-8-9-10-11-12-13-14-15-16-21(2,3)19-20(23)24-18-17-22/h22H,4-19H2,1-3H3/q+1. The van der Waals surface area contributed by atoms with Gasteiger partial charge in [0.2, 0.25) is 0 Å². The predicted octanol–water partition coefficient (Wildman–Crippen LogP) is 4.30. The van der Waals surface area contributed by atoms with Gasteiger partial charge >= 0.3 is 5.97 Å². The van der Waals surface area contributed by atoms with E-state index in [1.807, 2.05) is 0 Å². The van der Waals surface area contributed by atoms with Gasteiger partial charge in [0.05, 0.1) is 27.2 Å². The van der Waals surface area contributed by atoms with Gasteiger partial charge in [-0.05, 0) is 12.8 Å². The van der Waals surface area contributed by atoms with Crippen LogP contribution >= 0.6 is 0 Å². The first-order valence-electron chi connectivity index (χ1n) is 10.1. The zero-order valence-electron chi connectivity index (χ0n) is 16.5. The molecule has 1 N–H and O–H groups in total. The van der Waals surface area contributed by atoms with E-state index in [9.17, 15) is 4.79 Å². The zero-order chi connectivity index (χ0) is 18.1. The third-order valence-corrected chi connectivity index (χ3v) is 4.53. The molecular weight excluding hydrogens is 302 g/mol. The molecule has 0 rings (SSSR count). The molecule has 0 aromatic rings. The Bertz CT molecular complexity index is 293. The smallest absolute Gasteiger partial charge is 0.361 e. The van der Waals surface area contributed by atoms with Crippen LogP contribution in [0.5, 0.6) is 0 Å². The summed E-state index contributed by atoms with van der Waals surface area (Å²) in [6.45, 7) is 3.67. The SMILES string of the molecule is CCCCCCCCCCCCCC[N+](C)(C)CC(=O)OCCO. The molecule has 144 valence electrons. The van der Waals surface area contributed by atoms with Crippen molar-refractivity contribution in [3.63, 3.8) is 0 Å². The van der Waals surface area contributed by atoms with E-state index in [2.05, 4.69) is 21.0 Å². The average molecular weight is 345 g/mol. The Hall–Kier alpha value is -0.610. The molecule has 0 heterocycles. The fourth-order valence-corrected chi connectivity index (χ4v) is 3.01. The molecule has 4 heteroatoms. The Morgan fingerprint density at radius 2 is 1.29 bits per heavy atom. The molecular formula is C20H42NO3+. The lowest BCUT2D eigenvalue weighted by atomic mass is 10.1. The number of hydrogen-bond donors (Lipinski definition) is 1. The summed E-state index contributed by atoms with van der Waals surface area (Å²) < 4.78 is 5.60. The van der Waals surface area contributed by atoms with Gasteiger partial charge in [-0.2, -0.15) is 0 Å². The normalized spacial score (nSPS) is 11.7. The molecule has 0 amide bonds. The highest BCUT2D eigenvalue weighted by Crippen LogP contribution is 2.12. The second-order valence-corrected chi connectivity index (χ2v) is 7.65. The Kier molecular flexibility index (Phi) is 15.5. The molecule has 0 aliphatic heterocycles. The molecule has 0 unspecified atom stereocenters. The van der Waals surface area contributed by atoms with E-state index in [1.54, 1.807) is 0 Å². The predicted molar refractivity (Wildman–Crippen MR) is 101 cm³/mol. The van der Waals surface area contributed by atoms with E-state index in [1.165, 1.54) is 70.6 Å². The van der Waals surface area contributed by atoms with Crippen LogP contribution in [-0.2, 0) is 9.53 Å². The lowest BCUT2D eigenvalue weighted by Crippen LogP contribution is -2.45. The van der Waals surface area contributed by atoms with Crippen LogP contribution in [0.4, 0.5) is 0 Å². The third kappa shape index (κ3) is 16.3. The second kappa shape index (κ2) is 15.9. The first-order valence-corrected chi connectivity index (χ1v) is 10.1. The van der Waals surface area contributed by atoms with E-state index in [-0.39, 0.29) is 19.2 Å². The van der Waals surface area contributed by atoms with Crippen molar-refractivity contribution in [2.24, 2.45) is 0 Å². The maximum absolute atomic E-state index is 11.6. The molecule has 0 aliphatic carbocycles. The highest BCUT2D eigenvalue weighted by molar-refractivity contribution is 5.70. The average Bonchev–Trinajstić information content (AvgIpc) is 2.53. The second-order valence-electron chi connectivity index (χ2n) is 7.65. The maximum atomic E-state index is 11.6. The van der Waals surface area contributed by atoms with Crippen molar-refractivity contribution in [2.75, 3.05) is 40.4 Å². The molecule has 0 atom stereocenters. The van der Waals surface area contributed by atoms with Gasteiger partial charge in [0.1, 0.15) is 6.61 Å². The van der Waals surface area contributed by atoms with Crippen LogP contribution in [0.25, 0.3) is 0 Å². The van der Waals surface area contributed by atoms with Crippen LogP contribution in [0.3, 0.4) is 0 Å². The summed E-state index contributed by atoms with van der Waals surface area (Å²) in [7, 11) is 4.14. The van der Waals surface area contributed by atoms with Crippen molar-refractivity contribution in [3.05, 3.63) is 0 Å². The number of unbranched alkanes of at least 4 members (excludes halogenated alkanes) is 11. The van der Waals surface area contributed by atoms with Crippen LogP contribution in [-0.4, -0.2) is 56.0 Å². The van der Waals surface area contributed by atoms with E-state index in [4.69, 9.17) is 9.84 Å². The van der Waals surface area contributed by atoms with Gasteiger partial charge in [0, 0.05) is 0 Å². The molecule has 0 aliphatic rings. The molecule has 0 bridgehead atoms. The van der Waals surface area contributed by atoms with Crippen molar-refractivity contribution in [1.82, 2.24) is 0 Å². The number of likely N-dealkylation sites (N-methyl/N-ethyl adjacent to an activating group) is 1. The minimum Gasteiger partial charge on any atom is -0.459 e. The fourth-order valence-electron chi connectivity index (χ4n) is 3.01. The minimum absolute atomic E-state index is 0.0993. The topological polar surface area (TPSA) is 46.5 Å². The number of hydrogen-bond acceptors (Lipinski definition) is 3. The van der Waals surface area contributed by atoms with Crippen molar-refractivity contribution in [3.8, 4) is 0 Å². The van der Waals surface area contributed by atoms with Crippen molar-refractivity contribution in [2.45, 2.75) is 84.0 Å². The Morgan fingerprint density at radius 3 is 1.75 bits per heavy atom. The summed E-state index contributed by atoms with van der Waals surface area (Å²) in [4.78, 5) is 11.6. The van der Waals surface area contributed by atoms with Gasteiger partial charge < -0.3 is 14.3 Å². The van der Waals surface area contributed by atoms with Gasteiger partial charge in [0.15, 0.2) is 6.54 Å². The van der Waals surface area contributed by atoms with E-state index < -0.39 is 0 Å². The molecule has 0 saturated carbocycles. The van der Waals surface area contributed by atoms with Crippen LogP contribution in [0.1, 0.15) is 84.0 Å². The van der Waals surface area contributed by atoms with Crippen molar-refractivity contribution < 1.29 is 19.1 Å². The number of aliphatic hydroxyl groups excluding tert-OH is 1. The lowest BCUT2D eigenvalue weighted by Gasteiger charge is -2.28. The van der Waals surface area contributed by atoms with Gasteiger partial charge in [-0.25, -0.2) is 4.79 Å². The number of aliphatic hydroxyl groups is 1. The van der Waals surface area contributed by atoms with E-state index in [0.29, 0.717) is 11.0 Å². The Labute approximate surface area is 150 Å². The molecule has 0 spiro atoms. The number of ether oxygens (including phenoxy) is 1. The number of esters is 1. The maximum Gasteiger partial charge on any atom is 0.361 e. The molecule has 0 aromatic carbocycles. The molecule has 0 fully saturated rings. The van der Waals surface area contributed by atoms with Crippen LogP contribution in [0.2, 0.25) is 0 Å². The minimum atomic E-state index is -0.215. The fraction of sp³-hybridized carbons (Fsp3) is 0.950. The van der Waals surface area contributed by atoms with Gasteiger partial charge in [-0.3, -0.25) is 0 Å². The summed E-state index contributed by atoms with van der Waals surface area (Å²) >= 11 is 0. The zero-order valence-corrected chi connectivity index (χ0v) is 16.5. The van der Waals surface area contributed by atoms with Crippen LogP contribution in [0, 0.1) is 0 Å². The first-order chi connectivity index (χ1) is 11.5. The molecule has 0 aromatic heterocycles. The molecule has 0 radical (unpaired) electrons. The summed E-state index contributed by atoms with van der Waals surface area (Å²) in [6.07, 6.45) is 16.2. The third-order valence-electron chi connectivity index (χ3n) is 4.53. The van der Waals surface area contributed by atoms with E-state index >= 15 is 0 Å². The highest BCUT2D eigenvalue weighted by Gasteiger charge is 2.20. The number of nitrogens with zero attached hydrogens (tertiary/aromatic N) is 1. The number of carbonyl (C=O) groups is 1. The Morgan fingerprint density at radius 1 is 0.833 bits per heavy atom. The van der Waals surface area contributed by atoms with E-state index in [0.717, 1.165) is 13.0 Å². The Balaban J connectivity index is 3.40. The van der Waals surface area contributed by atoms with Gasteiger partial charge in [-0.15, -0.1) is 0 Å². The number of rotatable bonds is 17. The number of carbonyl (C=O) groups excluding carboxylic acids is 1. The van der Waals surface area contributed by atoms with Crippen molar-refractivity contribution >= 4 is 5.97 Å². The summed E-state index contributed by atoms with van der Waals surface area (Å²) in [6, 6.07) is 0. The number of quaternary nitrogens is 1. The molecule has 24 heavy (non-hydrogen) atoms.